The monoisotopic (exact) mass is 139 g/mol. The summed E-state index contributed by atoms with van der Waals surface area (Å²) in [6.07, 6.45) is 3.27. The van der Waals surface area contributed by atoms with Gasteiger partial charge in [0.15, 0.2) is 0 Å². The number of hydrogen-bond acceptors (Lipinski definition) is 2. The highest BCUT2D eigenvalue weighted by molar-refractivity contribution is 5.10. The van der Waals surface area contributed by atoms with Gasteiger partial charge in [-0.3, -0.25) is 0 Å². The molecule has 1 aliphatic carbocycles. The van der Waals surface area contributed by atoms with Crippen molar-refractivity contribution in [1.82, 2.24) is 0 Å². The number of ether oxygens (including phenoxy) is 1. The highest BCUT2D eigenvalue weighted by Crippen LogP contribution is 2.49. The van der Waals surface area contributed by atoms with Crippen molar-refractivity contribution in [3.63, 3.8) is 0 Å². The second kappa shape index (κ2) is 2.59. The van der Waals surface area contributed by atoms with Gasteiger partial charge in [0.1, 0.15) is 0 Å². The Morgan fingerprint density at radius 3 is 2.60 bits per heavy atom. The van der Waals surface area contributed by atoms with Crippen LogP contribution in [0.1, 0.15) is 26.2 Å². The molecule has 1 rings (SSSR count). The molecule has 0 amide bonds. The maximum Gasteiger partial charge on any atom is 0.0690 e. The van der Waals surface area contributed by atoms with Gasteiger partial charge in [0.2, 0.25) is 0 Å². The maximum atomic E-state index is 8.70. The first kappa shape index (κ1) is 7.56. The minimum Gasteiger partial charge on any atom is -0.382 e. The van der Waals surface area contributed by atoms with Crippen LogP contribution < -0.4 is 0 Å². The van der Waals surface area contributed by atoms with E-state index in [-0.39, 0.29) is 11.5 Å². The van der Waals surface area contributed by atoms with Crippen LogP contribution in [0.25, 0.3) is 0 Å². The fourth-order valence-electron chi connectivity index (χ4n) is 1.15. The number of methoxy groups -OCH3 is 1. The van der Waals surface area contributed by atoms with Crippen LogP contribution in [0.2, 0.25) is 0 Å². The summed E-state index contributed by atoms with van der Waals surface area (Å²) in [5, 5.41) is 8.70. The summed E-state index contributed by atoms with van der Waals surface area (Å²) in [6.45, 7) is 2.01. The maximum absolute atomic E-state index is 8.70. The smallest absolute Gasteiger partial charge is 0.0690 e. The topological polar surface area (TPSA) is 33.0 Å². The van der Waals surface area contributed by atoms with Gasteiger partial charge in [0.25, 0.3) is 0 Å². The van der Waals surface area contributed by atoms with E-state index < -0.39 is 0 Å². The lowest BCUT2D eigenvalue weighted by Crippen LogP contribution is -2.11. The van der Waals surface area contributed by atoms with Crippen molar-refractivity contribution in [3.8, 4) is 6.07 Å². The molecule has 0 heterocycles. The first-order valence-corrected chi connectivity index (χ1v) is 3.66. The Labute approximate surface area is 61.8 Å². The molecule has 1 saturated carbocycles. The Bertz CT molecular complexity index is 155. The van der Waals surface area contributed by atoms with E-state index in [1.165, 1.54) is 0 Å². The molecule has 0 radical (unpaired) electrons. The summed E-state index contributed by atoms with van der Waals surface area (Å²) in [4.78, 5) is 0. The quantitative estimate of drug-likeness (QED) is 0.596. The third kappa shape index (κ3) is 1.48. The molecule has 0 aliphatic heterocycles. The number of nitriles is 1. The Hall–Kier alpha value is -0.550. The zero-order valence-electron chi connectivity index (χ0n) is 6.55. The summed E-state index contributed by atoms with van der Waals surface area (Å²) in [5.41, 5.74) is -0.00454. The molecule has 0 aromatic heterocycles. The molecule has 1 unspecified atom stereocenters. The summed E-state index contributed by atoms with van der Waals surface area (Å²) in [6, 6.07) is 2.34. The van der Waals surface area contributed by atoms with E-state index >= 15 is 0 Å². The van der Waals surface area contributed by atoms with Gasteiger partial charge in [-0.2, -0.15) is 5.26 Å². The predicted molar refractivity (Wildman–Crippen MR) is 38.4 cm³/mol. The summed E-state index contributed by atoms with van der Waals surface area (Å²) < 4.78 is 5.08. The van der Waals surface area contributed by atoms with Gasteiger partial charge in [-0.25, -0.2) is 0 Å². The van der Waals surface area contributed by atoms with E-state index in [1.54, 1.807) is 7.11 Å². The fourth-order valence-corrected chi connectivity index (χ4v) is 1.15. The molecule has 0 aromatic carbocycles. The van der Waals surface area contributed by atoms with Crippen LogP contribution in [0.5, 0.6) is 0 Å². The Balaban J connectivity index is 2.32. The zero-order chi connectivity index (χ0) is 7.61. The van der Waals surface area contributed by atoms with Crippen LogP contribution >= 0.6 is 0 Å². The highest BCUT2D eigenvalue weighted by Gasteiger charge is 2.43. The van der Waals surface area contributed by atoms with E-state index in [4.69, 9.17) is 10.00 Å². The Morgan fingerprint density at radius 2 is 2.30 bits per heavy atom. The van der Waals surface area contributed by atoms with Crippen LogP contribution in [0, 0.1) is 16.7 Å². The summed E-state index contributed by atoms with van der Waals surface area (Å²) in [7, 11) is 1.69. The minimum absolute atomic E-state index is 0.00454. The first-order chi connectivity index (χ1) is 4.72. The largest absolute Gasteiger partial charge is 0.382 e. The second-order valence-corrected chi connectivity index (χ2v) is 3.14. The molecule has 0 spiro atoms. The molecule has 1 atom stereocenters. The predicted octanol–water partition coefficient (Wildman–Crippen LogP) is 1.72. The molecule has 0 aromatic rings. The first-order valence-electron chi connectivity index (χ1n) is 3.66. The lowest BCUT2D eigenvalue weighted by molar-refractivity contribution is 0.0986. The number of rotatable bonds is 3. The number of hydrogen-bond donors (Lipinski definition) is 0. The van der Waals surface area contributed by atoms with Gasteiger partial charge in [0, 0.05) is 7.11 Å². The van der Waals surface area contributed by atoms with Crippen LogP contribution in [0.4, 0.5) is 0 Å². The molecule has 56 valence electrons. The van der Waals surface area contributed by atoms with E-state index in [1.807, 2.05) is 6.92 Å². The van der Waals surface area contributed by atoms with Crippen molar-refractivity contribution in [2.75, 3.05) is 7.11 Å². The Kier molecular flexibility index (Phi) is 1.96. The van der Waals surface area contributed by atoms with Crippen molar-refractivity contribution in [2.24, 2.45) is 5.41 Å². The Morgan fingerprint density at radius 1 is 1.70 bits per heavy atom. The van der Waals surface area contributed by atoms with Crippen LogP contribution in [0.3, 0.4) is 0 Å². The fraction of sp³-hybridized carbons (Fsp3) is 0.875. The van der Waals surface area contributed by atoms with Crippen molar-refractivity contribution < 1.29 is 4.74 Å². The van der Waals surface area contributed by atoms with Crippen LogP contribution in [-0.2, 0) is 4.74 Å². The lowest BCUT2D eigenvalue weighted by Gasteiger charge is -2.11. The van der Waals surface area contributed by atoms with Gasteiger partial charge in [-0.15, -0.1) is 0 Å². The van der Waals surface area contributed by atoms with Gasteiger partial charge in [0.05, 0.1) is 17.6 Å². The molecule has 1 fully saturated rings. The highest BCUT2D eigenvalue weighted by atomic mass is 16.5. The van der Waals surface area contributed by atoms with Crippen molar-refractivity contribution >= 4 is 0 Å². The van der Waals surface area contributed by atoms with Gasteiger partial charge in [-0.1, -0.05) is 0 Å². The molecule has 0 N–H and O–H groups in total. The third-order valence-electron chi connectivity index (χ3n) is 2.17. The molecular formula is C8H13NO. The molecule has 2 nitrogen and oxygen atoms in total. The normalized spacial score (nSPS) is 23.3. The lowest BCUT2D eigenvalue weighted by atomic mass is 10.0. The van der Waals surface area contributed by atoms with Crippen molar-refractivity contribution in [2.45, 2.75) is 32.3 Å². The van der Waals surface area contributed by atoms with Crippen LogP contribution in [-0.4, -0.2) is 13.2 Å². The minimum atomic E-state index is -0.00454. The molecule has 10 heavy (non-hydrogen) atoms. The van der Waals surface area contributed by atoms with Crippen molar-refractivity contribution in [1.29, 1.82) is 5.26 Å². The molecule has 0 saturated heterocycles. The average Bonchev–Trinajstić information content (AvgIpc) is 2.70. The molecular weight excluding hydrogens is 126 g/mol. The van der Waals surface area contributed by atoms with Gasteiger partial charge >= 0.3 is 0 Å². The molecule has 2 heteroatoms. The molecule has 1 aliphatic rings. The zero-order valence-corrected chi connectivity index (χ0v) is 6.55. The summed E-state index contributed by atoms with van der Waals surface area (Å²) in [5.74, 6) is 0. The van der Waals surface area contributed by atoms with E-state index in [0.29, 0.717) is 0 Å². The van der Waals surface area contributed by atoms with Gasteiger partial charge < -0.3 is 4.74 Å². The third-order valence-corrected chi connectivity index (χ3v) is 2.17. The molecule has 0 bridgehead atoms. The van der Waals surface area contributed by atoms with E-state index in [2.05, 4.69) is 6.07 Å². The van der Waals surface area contributed by atoms with Gasteiger partial charge in [-0.05, 0) is 26.2 Å². The second-order valence-electron chi connectivity index (χ2n) is 3.14. The van der Waals surface area contributed by atoms with E-state index in [9.17, 15) is 0 Å². The average molecular weight is 139 g/mol. The summed E-state index contributed by atoms with van der Waals surface area (Å²) >= 11 is 0. The van der Waals surface area contributed by atoms with Crippen molar-refractivity contribution in [3.05, 3.63) is 0 Å². The van der Waals surface area contributed by atoms with Crippen LogP contribution in [0.15, 0.2) is 0 Å². The number of nitrogens with zero attached hydrogens (tertiary/aromatic N) is 1. The van der Waals surface area contributed by atoms with E-state index in [0.717, 1.165) is 19.3 Å². The SMILES string of the molecule is COC(C)CC1(C#N)CC1. The standard InChI is InChI=1S/C8H13NO/c1-7(10-2)5-8(6-9)3-4-8/h7H,3-5H2,1-2H3.